The molecular weight excluding hydrogens is 414 g/mol. The highest BCUT2D eigenvalue weighted by atomic mass is 17.2. The number of nitrogens with zero attached hydrogens (tertiary/aromatic N) is 1. The van der Waals surface area contributed by atoms with Gasteiger partial charge < -0.3 is 28.4 Å². The van der Waals surface area contributed by atoms with Gasteiger partial charge in [0.05, 0.1) is 25.9 Å². The van der Waals surface area contributed by atoms with E-state index in [0.717, 1.165) is 11.1 Å². The number of allylic oxidation sites excluding steroid dienone is 1. The van der Waals surface area contributed by atoms with Crippen LogP contribution in [0.25, 0.3) is 17.0 Å². The Labute approximate surface area is 185 Å². The van der Waals surface area contributed by atoms with Crippen molar-refractivity contribution in [2.24, 2.45) is 0 Å². The number of furan rings is 1. The standard InChI is InChI=1S/C24H25NO7/c1-25(2)10-12-30-23-20(21(27-3)17-9-11-29-22(17)24(23)28-4)18(26)8-6-15-5-7-16-14-31-32-19(16)13-15/h5-9,11,13H,10,12,14H2,1-4H3/b8-6+. The van der Waals surface area contributed by atoms with Crippen molar-refractivity contribution >= 4 is 22.8 Å². The van der Waals surface area contributed by atoms with Gasteiger partial charge >= 0.3 is 0 Å². The molecule has 0 atom stereocenters. The van der Waals surface area contributed by atoms with E-state index >= 15 is 0 Å². The van der Waals surface area contributed by atoms with Crippen LogP contribution in [-0.4, -0.2) is 52.1 Å². The van der Waals surface area contributed by atoms with Gasteiger partial charge in [-0.15, -0.1) is 0 Å². The number of benzene rings is 2. The van der Waals surface area contributed by atoms with Gasteiger partial charge in [0, 0.05) is 12.1 Å². The molecule has 2 aromatic carbocycles. The number of ether oxygens (including phenoxy) is 3. The number of fused-ring (bicyclic) bond motifs is 2. The van der Waals surface area contributed by atoms with Crippen molar-refractivity contribution in [1.29, 1.82) is 0 Å². The average molecular weight is 439 g/mol. The van der Waals surface area contributed by atoms with E-state index in [9.17, 15) is 4.79 Å². The van der Waals surface area contributed by atoms with E-state index in [0.29, 0.717) is 48.0 Å². The van der Waals surface area contributed by atoms with E-state index in [4.69, 9.17) is 28.4 Å². The Balaban J connectivity index is 1.75. The predicted octanol–water partition coefficient (Wildman–Crippen LogP) is 4.11. The number of carbonyl (C=O) groups is 1. The van der Waals surface area contributed by atoms with E-state index < -0.39 is 0 Å². The van der Waals surface area contributed by atoms with Gasteiger partial charge in [-0.1, -0.05) is 18.2 Å². The van der Waals surface area contributed by atoms with Gasteiger partial charge in [-0.2, -0.15) is 4.89 Å². The number of rotatable bonds is 9. The normalized spacial score (nSPS) is 12.9. The van der Waals surface area contributed by atoms with Crippen LogP contribution in [0.5, 0.6) is 23.0 Å². The van der Waals surface area contributed by atoms with Crippen LogP contribution < -0.4 is 19.1 Å². The predicted molar refractivity (Wildman–Crippen MR) is 119 cm³/mol. The number of hydrogen-bond acceptors (Lipinski definition) is 8. The first-order chi connectivity index (χ1) is 15.5. The quantitative estimate of drug-likeness (QED) is 0.280. The smallest absolute Gasteiger partial charge is 0.205 e. The minimum atomic E-state index is -0.291. The maximum atomic E-state index is 13.4. The summed E-state index contributed by atoms with van der Waals surface area (Å²) >= 11 is 0. The van der Waals surface area contributed by atoms with Gasteiger partial charge in [-0.25, -0.2) is 0 Å². The maximum Gasteiger partial charge on any atom is 0.205 e. The summed E-state index contributed by atoms with van der Waals surface area (Å²) in [6, 6.07) is 7.35. The lowest BCUT2D eigenvalue weighted by atomic mass is 10.0. The summed E-state index contributed by atoms with van der Waals surface area (Å²) in [6.07, 6.45) is 4.70. The summed E-state index contributed by atoms with van der Waals surface area (Å²) in [5.41, 5.74) is 2.49. The van der Waals surface area contributed by atoms with E-state index in [2.05, 4.69) is 0 Å². The molecule has 1 aliphatic rings. The molecule has 0 fully saturated rings. The molecule has 4 rings (SSSR count). The summed E-state index contributed by atoms with van der Waals surface area (Å²) < 4.78 is 22.8. The Bertz CT molecular complexity index is 1160. The Morgan fingerprint density at radius 1 is 1.12 bits per heavy atom. The minimum absolute atomic E-state index is 0.272. The molecule has 0 unspecified atom stereocenters. The second-order valence-electron chi connectivity index (χ2n) is 7.50. The second kappa shape index (κ2) is 9.33. The SMILES string of the molecule is COc1c(C(=O)/C=C/c2ccc3c(c2)OOC3)c(OCCN(C)C)c(OC)c2occc12. The summed E-state index contributed by atoms with van der Waals surface area (Å²) in [5, 5.41) is 0.629. The molecule has 0 spiro atoms. The Morgan fingerprint density at radius 2 is 1.94 bits per heavy atom. The van der Waals surface area contributed by atoms with Crippen molar-refractivity contribution in [3.8, 4) is 23.0 Å². The third-order valence-corrected chi connectivity index (χ3v) is 5.10. The van der Waals surface area contributed by atoms with Crippen LogP contribution in [0.1, 0.15) is 21.5 Å². The fourth-order valence-electron chi connectivity index (χ4n) is 3.49. The van der Waals surface area contributed by atoms with Gasteiger partial charge in [0.2, 0.25) is 5.75 Å². The first kappa shape index (κ1) is 21.7. The van der Waals surface area contributed by atoms with E-state index in [1.54, 1.807) is 12.1 Å². The van der Waals surface area contributed by atoms with Gasteiger partial charge in [0.25, 0.3) is 0 Å². The number of carbonyl (C=O) groups excluding carboxylic acids is 1. The Morgan fingerprint density at radius 3 is 2.69 bits per heavy atom. The number of hydrogen-bond donors (Lipinski definition) is 0. The largest absolute Gasteiger partial charge is 0.495 e. The summed E-state index contributed by atoms with van der Waals surface area (Å²) in [4.78, 5) is 25.5. The summed E-state index contributed by atoms with van der Waals surface area (Å²) in [6.45, 7) is 1.42. The Kier molecular flexibility index (Phi) is 6.34. The molecule has 0 bridgehead atoms. The van der Waals surface area contributed by atoms with E-state index in [1.807, 2.05) is 37.2 Å². The van der Waals surface area contributed by atoms with Crippen molar-refractivity contribution in [3.05, 3.63) is 53.3 Å². The molecule has 0 amide bonds. The highest BCUT2D eigenvalue weighted by molar-refractivity contribution is 6.15. The Hall–Kier alpha value is -3.49. The van der Waals surface area contributed by atoms with Crippen LogP contribution in [0.2, 0.25) is 0 Å². The number of likely N-dealkylation sites (N-methyl/N-ethyl adjacent to an activating group) is 1. The lowest BCUT2D eigenvalue weighted by molar-refractivity contribution is -0.194. The molecule has 0 saturated heterocycles. The molecule has 0 aliphatic carbocycles. The first-order valence-electron chi connectivity index (χ1n) is 10.1. The van der Waals surface area contributed by atoms with Crippen molar-refractivity contribution in [2.75, 3.05) is 41.5 Å². The zero-order valence-corrected chi connectivity index (χ0v) is 18.5. The number of ketones is 1. The van der Waals surface area contributed by atoms with Gasteiger partial charge in [-0.05, 0) is 37.9 Å². The molecule has 8 nitrogen and oxygen atoms in total. The van der Waals surface area contributed by atoms with Crippen LogP contribution >= 0.6 is 0 Å². The monoisotopic (exact) mass is 439 g/mol. The van der Waals surface area contributed by atoms with Gasteiger partial charge in [0.15, 0.2) is 22.9 Å². The van der Waals surface area contributed by atoms with Crippen molar-refractivity contribution in [2.45, 2.75) is 6.61 Å². The fourth-order valence-corrected chi connectivity index (χ4v) is 3.49. The van der Waals surface area contributed by atoms with Crippen LogP contribution in [0, 0.1) is 0 Å². The fraction of sp³-hybridized carbons (Fsp3) is 0.292. The third kappa shape index (κ3) is 4.15. The molecule has 168 valence electrons. The molecule has 0 saturated carbocycles. The van der Waals surface area contributed by atoms with Crippen molar-refractivity contribution < 1.29 is 33.2 Å². The first-order valence-corrected chi connectivity index (χ1v) is 10.1. The van der Waals surface area contributed by atoms with Crippen LogP contribution in [0.4, 0.5) is 0 Å². The molecule has 8 heteroatoms. The van der Waals surface area contributed by atoms with E-state index in [1.165, 1.54) is 26.6 Å². The van der Waals surface area contributed by atoms with Crippen LogP contribution in [0.15, 0.2) is 41.0 Å². The van der Waals surface area contributed by atoms with Gasteiger partial charge in [-0.3, -0.25) is 4.79 Å². The molecule has 0 N–H and O–H groups in total. The summed E-state index contributed by atoms with van der Waals surface area (Å²) in [5.74, 6) is 1.36. The minimum Gasteiger partial charge on any atom is -0.495 e. The third-order valence-electron chi connectivity index (χ3n) is 5.10. The lowest BCUT2D eigenvalue weighted by Gasteiger charge is -2.18. The topological polar surface area (TPSA) is 79.6 Å². The highest BCUT2D eigenvalue weighted by Crippen LogP contribution is 2.46. The summed E-state index contributed by atoms with van der Waals surface area (Å²) in [7, 11) is 6.91. The van der Waals surface area contributed by atoms with Crippen LogP contribution in [0.3, 0.4) is 0 Å². The highest BCUT2D eigenvalue weighted by Gasteiger charge is 2.28. The zero-order valence-electron chi connectivity index (χ0n) is 18.5. The molecule has 2 heterocycles. The van der Waals surface area contributed by atoms with Crippen molar-refractivity contribution in [3.63, 3.8) is 0 Å². The average Bonchev–Trinajstić information content (AvgIpc) is 3.45. The zero-order chi connectivity index (χ0) is 22.7. The maximum absolute atomic E-state index is 13.4. The lowest BCUT2D eigenvalue weighted by Crippen LogP contribution is -2.20. The molecule has 1 aromatic heterocycles. The second-order valence-corrected chi connectivity index (χ2v) is 7.50. The molecule has 3 aromatic rings. The van der Waals surface area contributed by atoms with Crippen LogP contribution in [-0.2, 0) is 11.5 Å². The van der Waals surface area contributed by atoms with Gasteiger partial charge in [0.1, 0.15) is 24.5 Å². The molecule has 32 heavy (non-hydrogen) atoms. The number of methoxy groups -OCH3 is 2. The molecule has 0 radical (unpaired) electrons. The van der Waals surface area contributed by atoms with E-state index in [-0.39, 0.29) is 17.1 Å². The molecule has 1 aliphatic heterocycles. The van der Waals surface area contributed by atoms with Crippen molar-refractivity contribution in [1.82, 2.24) is 4.90 Å². The molecular formula is C24H25NO7.